The molecule has 2 N–H and O–H groups in total. The summed E-state index contributed by atoms with van der Waals surface area (Å²) in [5.41, 5.74) is 3.29. The molecule has 0 aliphatic rings. The van der Waals surface area contributed by atoms with Gasteiger partial charge in [0.1, 0.15) is 5.52 Å². The van der Waals surface area contributed by atoms with Crippen molar-refractivity contribution in [1.82, 2.24) is 19.7 Å². The lowest BCUT2D eigenvalue weighted by Crippen LogP contribution is -2.36. The topological polar surface area (TPSA) is 74.1 Å². The summed E-state index contributed by atoms with van der Waals surface area (Å²) in [6, 6.07) is 7.13. The van der Waals surface area contributed by atoms with Crippen LogP contribution in [0.15, 0.2) is 29.1 Å². The van der Waals surface area contributed by atoms with Crippen LogP contribution in [-0.2, 0) is 13.0 Å². The van der Waals surface area contributed by atoms with Gasteiger partial charge in [-0.2, -0.15) is 5.10 Å². The number of nitrogens with zero attached hydrogens (tertiary/aromatic N) is 3. The summed E-state index contributed by atoms with van der Waals surface area (Å²) in [5.74, 6) is 0. The van der Waals surface area contributed by atoms with Crippen LogP contribution in [0.25, 0.3) is 27.9 Å². The van der Waals surface area contributed by atoms with Crippen molar-refractivity contribution in [3.8, 4) is 0 Å². The van der Waals surface area contributed by atoms with Gasteiger partial charge in [0.25, 0.3) is 5.56 Å². The number of aliphatic hydroxyl groups excluding tert-OH is 1. The molecule has 3 aromatic rings. The number of nitrogens with one attached hydrogen (secondary N) is 1. The lowest BCUT2D eigenvalue weighted by molar-refractivity contribution is 0.196. The molecule has 0 aliphatic carbocycles. The normalized spacial score (nSPS) is 12.6. The molecule has 0 saturated carbocycles. The monoisotopic (exact) mass is 396 g/mol. The van der Waals surface area contributed by atoms with Gasteiger partial charge in [0.15, 0.2) is 0 Å². The molecular formula is C23H32N4O2. The van der Waals surface area contributed by atoms with Crippen LogP contribution >= 0.6 is 0 Å². The van der Waals surface area contributed by atoms with Crippen LogP contribution in [0.1, 0.15) is 45.9 Å². The first-order chi connectivity index (χ1) is 13.9. The highest BCUT2D eigenvalue weighted by Crippen LogP contribution is 2.25. The van der Waals surface area contributed by atoms with Gasteiger partial charge in [-0.05, 0) is 52.3 Å². The van der Waals surface area contributed by atoms with Gasteiger partial charge in [0.2, 0.25) is 0 Å². The van der Waals surface area contributed by atoms with Crippen LogP contribution in [0.4, 0.5) is 0 Å². The fourth-order valence-corrected chi connectivity index (χ4v) is 4.07. The first-order valence-electron chi connectivity index (χ1n) is 10.5. The van der Waals surface area contributed by atoms with Gasteiger partial charge in [-0.25, -0.2) is 0 Å². The molecule has 2 aromatic heterocycles. The second-order valence-electron chi connectivity index (χ2n) is 8.01. The molecular weight excluding hydrogens is 364 g/mol. The van der Waals surface area contributed by atoms with E-state index in [1.807, 2.05) is 19.1 Å². The van der Waals surface area contributed by atoms with Crippen LogP contribution in [0.2, 0.25) is 0 Å². The molecule has 0 unspecified atom stereocenters. The minimum Gasteiger partial charge on any atom is -0.396 e. The summed E-state index contributed by atoms with van der Waals surface area (Å²) in [7, 11) is 0. The molecule has 0 bridgehead atoms. The number of aromatic amines is 1. The molecule has 3 rings (SSSR count). The Hall–Kier alpha value is -2.44. The van der Waals surface area contributed by atoms with E-state index < -0.39 is 0 Å². The van der Waals surface area contributed by atoms with Gasteiger partial charge < -0.3 is 9.67 Å². The second-order valence-corrected chi connectivity index (χ2v) is 8.01. The zero-order chi connectivity index (χ0) is 21.1. The smallest absolute Gasteiger partial charge is 0.262 e. The van der Waals surface area contributed by atoms with Crippen molar-refractivity contribution in [2.45, 2.75) is 59.7 Å². The summed E-state index contributed by atoms with van der Waals surface area (Å²) in [5, 5.41) is 18.2. The number of fused-ring (bicyclic) bond motifs is 3. The molecule has 1 aromatic carbocycles. The number of hydrogen-bond donors (Lipinski definition) is 2. The SMILES string of the molecule is CCn1c(=O)c2c(CCO)[nH]nc2c2cc(C=CCN(C(C)C)C(C)C)ccc21. The second kappa shape index (κ2) is 8.93. The van der Waals surface area contributed by atoms with Crippen LogP contribution in [0.5, 0.6) is 0 Å². The summed E-state index contributed by atoms with van der Waals surface area (Å²) in [6.07, 6.45) is 4.71. The number of aliphatic hydroxyl groups is 1. The number of hydrogen-bond acceptors (Lipinski definition) is 4. The minimum atomic E-state index is -0.0556. The van der Waals surface area contributed by atoms with Crippen molar-refractivity contribution in [3.05, 3.63) is 45.9 Å². The standard InChI is InChI=1S/C23H32N4O2/c1-6-26-20-10-9-17(8-7-12-27(15(2)3)16(4)5)14-18(20)22-21(23(26)29)19(11-13-28)24-25-22/h7-10,14-16,28H,6,11-13H2,1-5H3,(H,24,25). The first kappa shape index (κ1) is 21.3. The Morgan fingerprint density at radius 1 is 1.24 bits per heavy atom. The third-order valence-corrected chi connectivity index (χ3v) is 5.50. The van der Waals surface area contributed by atoms with E-state index in [0.717, 1.165) is 23.0 Å². The van der Waals surface area contributed by atoms with Crippen LogP contribution < -0.4 is 5.56 Å². The van der Waals surface area contributed by atoms with Gasteiger partial charge in [-0.3, -0.25) is 14.8 Å². The Kier molecular flexibility index (Phi) is 6.55. The van der Waals surface area contributed by atoms with Gasteiger partial charge in [-0.15, -0.1) is 0 Å². The van der Waals surface area contributed by atoms with E-state index in [1.165, 1.54) is 0 Å². The molecule has 156 valence electrons. The lowest BCUT2D eigenvalue weighted by atomic mass is 10.1. The third kappa shape index (κ3) is 4.14. The molecule has 0 aliphatic heterocycles. The molecule has 0 saturated heterocycles. The van der Waals surface area contributed by atoms with E-state index >= 15 is 0 Å². The first-order valence-corrected chi connectivity index (χ1v) is 10.5. The molecule has 2 heterocycles. The van der Waals surface area contributed by atoms with Crippen LogP contribution in [0.3, 0.4) is 0 Å². The predicted octanol–water partition coefficient (Wildman–Crippen LogP) is 3.56. The molecule has 6 heteroatoms. The van der Waals surface area contributed by atoms with Crippen molar-refractivity contribution >= 4 is 27.9 Å². The number of pyridine rings is 1. The largest absolute Gasteiger partial charge is 0.396 e. The molecule has 29 heavy (non-hydrogen) atoms. The van der Waals surface area contributed by atoms with Crippen LogP contribution in [-0.4, -0.2) is 50.0 Å². The van der Waals surface area contributed by atoms with E-state index in [-0.39, 0.29) is 12.2 Å². The highest BCUT2D eigenvalue weighted by molar-refractivity contribution is 6.04. The number of aryl methyl sites for hydroxylation is 1. The van der Waals surface area contributed by atoms with Crippen molar-refractivity contribution < 1.29 is 5.11 Å². The van der Waals surface area contributed by atoms with Crippen molar-refractivity contribution in [3.63, 3.8) is 0 Å². The van der Waals surface area contributed by atoms with Gasteiger partial charge in [0, 0.05) is 43.6 Å². The van der Waals surface area contributed by atoms with E-state index in [0.29, 0.717) is 41.6 Å². The summed E-state index contributed by atoms with van der Waals surface area (Å²) < 4.78 is 1.78. The molecule has 0 fully saturated rings. The zero-order valence-electron chi connectivity index (χ0n) is 18.1. The predicted molar refractivity (Wildman–Crippen MR) is 120 cm³/mol. The minimum absolute atomic E-state index is 0.0219. The van der Waals surface area contributed by atoms with E-state index in [2.05, 4.69) is 61.0 Å². The van der Waals surface area contributed by atoms with E-state index in [4.69, 9.17) is 0 Å². The Balaban J connectivity index is 2.07. The maximum Gasteiger partial charge on any atom is 0.262 e. The lowest BCUT2D eigenvalue weighted by Gasteiger charge is -2.29. The van der Waals surface area contributed by atoms with E-state index in [9.17, 15) is 9.90 Å². The number of benzene rings is 1. The Morgan fingerprint density at radius 2 is 1.97 bits per heavy atom. The quantitative estimate of drug-likeness (QED) is 0.610. The molecule has 0 radical (unpaired) electrons. The Labute approximate surface area is 171 Å². The van der Waals surface area contributed by atoms with Crippen molar-refractivity contribution in [2.24, 2.45) is 0 Å². The van der Waals surface area contributed by atoms with Crippen LogP contribution in [0, 0.1) is 0 Å². The maximum absolute atomic E-state index is 13.0. The fourth-order valence-electron chi connectivity index (χ4n) is 4.07. The van der Waals surface area contributed by atoms with Gasteiger partial charge in [-0.1, -0.05) is 18.2 Å². The molecule has 6 nitrogen and oxygen atoms in total. The van der Waals surface area contributed by atoms with Gasteiger partial charge >= 0.3 is 0 Å². The van der Waals surface area contributed by atoms with E-state index in [1.54, 1.807) is 4.57 Å². The summed E-state index contributed by atoms with van der Waals surface area (Å²) in [4.78, 5) is 15.4. The Morgan fingerprint density at radius 3 is 2.59 bits per heavy atom. The molecule has 0 amide bonds. The molecule has 0 atom stereocenters. The number of H-pyrrole nitrogens is 1. The van der Waals surface area contributed by atoms with Crippen molar-refractivity contribution in [2.75, 3.05) is 13.2 Å². The zero-order valence-corrected chi connectivity index (χ0v) is 18.1. The highest BCUT2D eigenvalue weighted by atomic mass is 16.3. The number of aromatic nitrogens is 3. The maximum atomic E-state index is 13.0. The van der Waals surface area contributed by atoms with Gasteiger partial charge in [0.05, 0.1) is 16.6 Å². The number of rotatable bonds is 8. The van der Waals surface area contributed by atoms with Crippen molar-refractivity contribution in [1.29, 1.82) is 0 Å². The average Bonchev–Trinajstić information content (AvgIpc) is 3.10. The Bertz CT molecular complexity index is 1070. The molecule has 0 spiro atoms. The third-order valence-electron chi connectivity index (χ3n) is 5.50. The highest BCUT2D eigenvalue weighted by Gasteiger charge is 2.16. The summed E-state index contributed by atoms with van der Waals surface area (Å²) >= 11 is 0. The average molecular weight is 397 g/mol. The fraction of sp³-hybridized carbons (Fsp3) is 0.478. The summed E-state index contributed by atoms with van der Waals surface area (Å²) in [6.45, 7) is 12.3.